The fraction of sp³-hybridized carbons (Fsp3) is 0.438. The van der Waals surface area contributed by atoms with Gasteiger partial charge in [-0.3, -0.25) is 4.68 Å². The topological polar surface area (TPSA) is 64.0 Å². The van der Waals surface area contributed by atoms with E-state index in [9.17, 15) is 8.42 Å². The van der Waals surface area contributed by atoms with Crippen molar-refractivity contribution in [1.82, 2.24) is 14.5 Å². The summed E-state index contributed by atoms with van der Waals surface area (Å²) >= 11 is 0. The van der Waals surface area contributed by atoms with Gasteiger partial charge in [-0.15, -0.1) is 0 Å². The smallest absolute Gasteiger partial charge is 0.240 e. The molecule has 0 radical (unpaired) electrons. The number of nitrogens with zero attached hydrogens (tertiary/aromatic N) is 2. The third kappa shape index (κ3) is 4.42. The van der Waals surface area contributed by atoms with Crippen molar-refractivity contribution in [2.24, 2.45) is 5.92 Å². The normalized spacial score (nSPS) is 12.0. The summed E-state index contributed by atoms with van der Waals surface area (Å²) in [6.45, 7) is 7.23. The monoisotopic (exact) mass is 321 g/mol. The van der Waals surface area contributed by atoms with Crippen LogP contribution in [0.2, 0.25) is 0 Å². The molecule has 0 amide bonds. The molecule has 2 rings (SSSR count). The van der Waals surface area contributed by atoms with E-state index in [1.165, 1.54) is 0 Å². The van der Waals surface area contributed by atoms with Gasteiger partial charge in [0.25, 0.3) is 0 Å². The van der Waals surface area contributed by atoms with Gasteiger partial charge in [0.15, 0.2) is 0 Å². The van der Waals surface area contributed by atoms with Crippen LogP contribution in [-0.4, -0.2) is 18.2 Å². The summed E-state index contributed by atoms with van der Waals surface area (Å²) in [5.41, 5.74) is 1.86. The Morgan fingerprint density at radius 3 is 2.41 bits per heavy atom. The molecule has 120 valence electrons. The second-order valence-electron chi connectivity index (χ2n) is 5.73. The lowest BCUT2D eigenvalue weighted by atomic mass is 10.0. The molecule has 0 unspecified atom stereocenters. The van der Waals surface area contributed by atoms with Gasteiger partial charge in [0.2, 0.25) is 10.0 Å². The third-order valence-electron chi connectivity index (χ3n) is 3.34. The Hall–Kier alpha value is -1.66. The predicted octanol–water partition coefficient (Wildman–Crippen LogP) is 2.58. The molecular formula is C16H23N3O2S. The highest BCUT2D eigenvalue weighted by atomic mass is 32.2. The lowest BCUT2D eigenvalue weighted by Gasteiger charge is -2.08. The van der Waals surface area contributed by atoms with Gasteiger partial charge in [-0.1, -0.05) is 26.0 Å². The number of aromatic nitrogens is 2. The van der Waals surface area contributed by atoms with E-state index in [2.05, 4.69) is 23.7 Å². The molecule has 6 heteroatoms. The highest BCUT2D eigenvalue weighted by Crippen LogP contribution is 2.14. The van der Waals surface area contributed by atoms with Crippen molar-refractivity contribution in [3.8, 4) is 0 Å². The van der Waals surface area contributed by atoms with Crippen LogP contribution in [0.5, 0.6) is 0 Å². The number of aryl methyl sites for hydroxylation is 1. The van der Waals surface area contributed by atoms with Crippen molar-refractivity contribution in [1.29, 1.82) is 0 Å². The second kappa shape index (κ2) is 7.07. The molecule has 1 aromatic carbocycles. The first-order valence-electron chi connectivity index (χ1n) is 7.51. The number of hydrogen-bond acceptors (Lipinski definition) is 3. The summed E-state index contributed by atoms with van der Waals surface area (Å²) in [5.74, 6) is 0.550. The van der Waals surface area contributed by atoms with Crippen molar-refractivity contribution < 1.29 is 8.42 Å². The summed E-state index contributed by atoms with van der Waals surface area (Å²) in [5, 5.41) is 4.26. The minimum Gasteiger partial charge on any atom is -0.273 e. The first-order chi connectivity index (χ1) is 10.4. The highest BCUT2D eigenvalue weighted by molar-refractivity contribution is 7.89. The molecule has 0 saturated carbocycles. The molecule has 5 nitrogen and oxygen atoms in total. The van der Waals surface area contributed by atoms with Crippen LogP contribution in [-0.2, 0) is 29.5 Å². The minimum atomic E-state index is -3.50. The Morgan fingerprint density at radius 1 is 1.18 bits per heavy atom. The Kier molecular flexibility index (Phi) is 5.37. The van der Waals surface area contributed by atoms with Crippen LogP contribution < -0.4 is 4.72 Å². The minimum absolute atomic E-state index is 0.197. The molecule has 0 saturated heterocycles. The molecule has 0 atom stereocenters. The lowest BCUT2D eigenvalue weighted by molar-refractivity contribution is 0.578. The van der Waals surface area contributed by atoms with Crippen molar-refractivity contribution in [3.05, 3.63) is 47.8 Å². The molecule has 0 aliphatic carbocycles. The van der Waals surface area contributed by atoms with Gasteiger partial charge >= 0.3 is 0 Å². The molecule has 0 fully saturated rings. The average Bonchev–Trinajstić information content (AvgIpc) is 2.93. The number of sulfonamides is 1. The fourth-order valence-corrected chi connectivity index (χ4v) is 3.20. The number of benzene rings is 1. The second-order valence-corrected chi connectivity index (χ2v) is 7.50. The Morgan fingerprint density at radius 2 is 1.86 bits per heavy atom. The lowest BCUT2D eigenvalue weighted by Crippen LogP contribution is -2.23. The van der Waals surface area contributed by atoms with Gasteiger partial charge in [-0.25, -0.2) is 13.1 Å². The molecule has 22 heavy (non-hydrogen) atoms. The van der Waals surface area contributed by atoms with Gasteiger partial charge in [-0.2, -0.15) is 5.10 Å². The summed E-state index contributed by atoms with van der Waals surface area (Å²) in [6.07, 6.45) is 2.78. The maximum atomic E-state index is 12.3. The largest absolute Gasteiger partial charge is 0.273 e. The molecule has 1 aromatic heterocycles. The first-order valence-corrected chi connectivity index (χ1v) is 9.00. The van der Waals surface area contributed by atoms with Crippen LogP contribution in [0.3, 0.4) is 0 Å². The van der Waals surface area contributed by atoms with Crippen molar-refractivity contribution >= 4 is 10.0 Å². The zero-order valence-corrected chi connectivity index (χ0v) is 14.1. The summed E-state index contributed by atoms with van der Waals surface area (Å²) in [6, 6.07) is 8.88. The molecule has 1 N–H and O–H groups in total. The van der Waals surface area contributed by atoms with E-state index < -0.39 is 10.0 Å². The van der Waals surface area contributed by atoms with Crippen LogP contribution >= 0.6 is 0 Å². The quantitative estimate of drug-likeness (QED) is 0.852. The van der Waals surface area contributed by atoms with E-state index in [0.29, 0.717) is 11.6 Å². The zero-order chi connectivity index (χ0) is 16.2. The van der Waals surface area contributed by atoms with E-state index in [0.717, 1.165) is 18.5 Å². The van der Waals surface area contributed by atoms with E-state index in [4.69, 9.17) is 0 Å². The molecular weight excluding hydrogens is 298 g/mol. The van der Waals surface area contributed by atoms with Gasteiger partial charge in [0.05, 0.1) is 17.1 Å². The van der Waals surface area contributed by atoms with Crippen LogP contribution in [0.1, 0.15) is 32.0 Å². The standard InChI is InChI=1S/C16H23N3O2S/c1-4-19-10-9-15(18-19)12-17-22(20,21)16-7-5-14(6-8-16)11-13(2)3/h5-10,13,17H,4,11-12H2,1-3H3. The number of hydrogen-bond donors (Lipinski definition) is 1. The average molecular weight is 321 g/mol. The molecule has 0 aliphatic rings. The third-order valence-corrected chi connectivity index (χ3v) is 4.76. The van der Waals surface area contributed by atoms with E-state index in [1.807, 2.05) is 31.3 Å². The Balaban J connectivity index is 2.03. The Labute approximate surface area is 132 Å². The summed E-state index contributed by atoms with van der Waals surface area (Å²) in [7, 11) is -3.50. The summed E-state index contributed by atoms with van der Waals surface area (Å²) in [4.78, 5) is 0.287. The van der Waals surface area contributed by atoms with Gasteiger partial charge in [0.1, 0.15) is 0 Å². The van der Waals surface area contributed by atoms with Crippen LogP contribution in [0.4, 0.5) is 0 Å². The summed E-state index contributed by atoms with van der Waals surface area (Å²) < 4.78 is 28.9. The molecule has 0 aliphatic heterocycles. The SMILES string of the molecule is CCn1ccc(CNS(=O)(=O)c2ccc(CC(C)C)cc2)n1. The van der Waals surface area contributed by atoms with Crippen LogP contribution in [0.15, 0.2) is 41.4 Å². The van der Waals surface area contributed by atoms with Gasteiger partial charge in [0, 0.05) is 12.7 Å². The van der Waals surface area contributed by atoms with Crippen LogP contribution in [0, 0.1) is 5.92 Å². The maximum absolute atomic E-state index is 12.3. The van der Waals surface area contributed by atoms with E-state index in [1.54, 1.807) is 16.8 Å². The maximum Gasteiger partial charge on any atom is 0.240 e. The molecule has 0 bridgehead atoms. The van der Waals surface area contributed by atoms with Crippen LogP contribution in [0.25, 0.3) is 0 Å². The Bertz CT molecular complexity index is 703. The molecule has 0 spiro atoms. The van der Waals surface area contributed by atoms with E-state index >= 15 is 0 Å². The van der Waals surface area contributed by atoms with Gasteiger partial charge in [-0.05, 0) is 43.0 Å². The van der Waals surface area contributed by atoms with Crippen molar-refractivity contribution in [3.63, 3.8) is 0 Å². The molecule has 2 aromatic rings. The fourth-order valence-electron chi connectivity index (χ4n) is 2.20. The first kappa shape index (κ1) is 16.7. The van der Waals surface area contributed by atoms with E-state index in [-0.39, 0.29) is 11.4 Å². The highest BCUT2D eigenvalue weighted by Gasteiger charge is 2.14. The number of rotatable bonds is 7. The van der Waals surface area contributed by atoms with Gasteiger partial charge < -0.3 is 0 Å². The molecule has 1 heterocycles. The zero-order valence-electron chi connectivity index (χ0n) is 13.3. The predicted molar refractivity (Wildman–Crippen MR) is 86.9 cm³/mol. The van der Waals surface area contributed by atoms with Crippen molar-refractivity contribution in [2.75, 3.05) is 0 Å². The number of nitrogens with one attached hydrogen (secondary N) is 1. The van der Waals surface area contributed by atoms with Crippen molar-refractivity contribution in [2.45, 2.75) is 45.2 Å².